The Morgan fingerprint density at radius 2 is 1.51 bits per heavy atom. The first-order chi connectivity index (χ1) is 16.9. The number of nitrogens with one attached hydrogen (secondary N) is 2. The lowest BCUT2D eigenvalue weighted by Crippen LogP contribution is -2.32. The number of nitrogen functional groups attached to an aromatic ring is 1. The van der Waals surface area contributed by atoms with Gasteiger partial charge in [-0.25, -0.2) is 4.68 Å². The largest absolute Gasteiger partial charge is 0.383 e. The summed E-state index contributed by atoms with van der Waals surface area (Å²) >= 11 is 0. The minimum atomic E-state index is -0.315. The molecule has 0 saturated heterocycles. The van der Waals surface area contributed by atoms with Gasteiger partial charge in [0.25, 0.3) is 11.8 Å². The van der Waals surface area contributed by atoms with Crippen molar-refractivity contribution >= 4 is 23.4 Å². The predicted octanol–water partition coefficient (Wildman–Crippen LogP) is 3.56. The molecule has 0 spiro atoms. The summed E-state index contributed by atoms with van der Waals surface area (Å²) in [7, 11) is 0. The molecule has 35 heavy (non-hydrogen) atoms. The van der Waals surface area contributed by atoms with E-state index in [0.29, 0.717) is 22.4 Å². The van der Waals surface area contributed by atoms with Crippen molar-refractivity contribution < 1.29 is 14.4 Å². The SMILES string of the molecule is Cc1ccc(C(=O)NC2CC2)cc1-n1ncc(C(=O)c2cccc(C(=O)NC3CCCC3)c2)c1N. The van der Waals surface area contributed by atoms with Gasteiger partial charge in [-0.1, -0.05) is 31.0 Å². The highest BCUT2D eigenvalue weighted by atomic mass is 16.2. The first-order valence-corrected chi connectivity index (χ1v) is 12.1. The second-order valence-corrected chi connectivity index (χ2v) is 9.47. The normalized spacial score (nSPS) is 15.7. The van der Waals surface area contributed by atoms with Gasteiger partial charge >= 0.3 is 0 Å². The van der Waals surface area contributed by atoms with Gasteiger partial charge in [0.1, 0.15) is 5.82 Å². The molecule has 1 aromatic heterocycles. The van der Waals surface area contributed by atoms with Crippen LogP contribution in [0.25, 0.3) is 5.69 Å². The summed E-state index contributed by atoms with van der Waals surface area (Å²) in [5.41, 5.74) is 9.43. The number of nitrogens with two attached hydrogens (primary N) is 1. The number of hydrogen-bond donors (Lipinski definition) is 3. The van der Waals surface area contributed by atoms with Crippen LogP contribution in [0.3, 0.4) is 0 Å². The van der Waals surface area contributed by atoms with Crippen molar-refractivity contribution in [3.63, 3.8) is 0 Å². The molecule has 0 atom stereocenters. The number of anilines is 1. The van der Waals surface area contributed by atoms with E-state index in [1.165, 1.54) is 10.9 Å². The molecular formula is C27H29N5O3. The number of aryl methyl sites for hydroxylation is 1. The monoisotopic (exact) mass is 471 g/mol. The molecule has 1 heterocycles. The summed E-state index contributed by atoms with van der Waals surface area (Å²) in [6.07, 6.45) is 7.67. The van der Waals surface area contributed by atoms with Crippen molar-refractivity contribution in [2.45, 2.75) is 57.5 Å². The molecule has 5 rings (SSSR count). The molecule has 0 bridgehead atoms. The Morgan fingerprint density at radius 3 is 2.20 bits per heavy atom. The Labute approximate surface area is 203 Å². The molecule has 2 fully saturated rings. The summed E-state index contributed by atoms with van der Waals surface area (Å²) < 4.78 is 1.48. The summed E-state index contributed by atoms with van der Waals surface area (Å²) in [4.78, 5) is 38.5. The van der Waals surface area contributed by atoms with Crippen LogP contribution in [0.5, 0.6) is 0 Å². The van der Waals surface area contributed by atoms with Crippen molar-refractivity contribution in [2.24, 2.45) is 0 Å². The number of benzene rings is 2. The van der Waals surface area contributed by atoms with Crippen LogP contribution in [-0.2, 0) is 0 Å². The second kappa shape index (κ2) is 9.37. The molecular weight excluding hydrogens is 442 g/mol. The van der Waals surface area contributed by atoms with Gasteiger partial charge in [-0.05, 0) is 62.4 Å². The first-order valence-electron chi connectivity index (χ1n) is 12.1. The van der Waals surface area contributed by atoms with Crippen LogP contribution in [0.4, 0.5) is 5.82 Å². The van der Waals surface area contributed by atoms with Crippen molar-refractivity contribution in [3.05, 3.63) is 76.5 Å². The zero-order valence-corrected chi connectivity index (χ0v) is 19.7. The molecule has 3 aromatic rings. The van der Waals surface area contributed by atoms with E-state index in [2.05, 4.69) is 15.7 Å². The van der Waals surface area contributed by atoms with Crippen LogP contribution in [0.2, 0.25) is 0 Å². The van der Waals surface area contributed by atoms with Gasteiger partial charge in [0.2, 0.25) is 0 Å². The molecule has 2 aliphatic carbocycles. The van der Waals surface area contributed by atoms with E-state index < -0.39 is 0 Å². The fourth-order valence-corrected chi connectivity index (χ4v) is 4.50. The Morgan fingerprint density at radius 1 is 0.886 bits per heavy atom. The number of rotatable bonds is 7. The van der Waals surface area contributed by atoms with E-state index in [1.807, 2.05) is 13.0 Å². The third-order valence-corrected chi connectivity index (χ3v) is 6.74. The number of aromatic nitrogens is 2. The quantitative estimate of drug-likeness (QED) is 0.455. The van der Waals surface area contributed by atoms with Crippen LogP contribution in [0.1, 0.15) is 80.7 Å². The number of ketones is 1. The Hall–Kier alpha value is -3.94. The van der Waals surface area contributed by atoms with Gasteiger partial charge in [0.15, 0.2) is 5.78 Å². The van der Waals surface area contributed by atoms with E-state index in [9.17, 15) is 14.4 Å². The fraction of sp³-hybridized carbons (Fsp3) is 0.333. The van der Waals surface area contributed by atoms with E-state index in [0.717, 1.165) is 44.1 Å². The molecule has 8 heteroatoms. The van der Waals surface area contributed by atoms with Crippen LogP contribution < -0.4 is 16.4 Å². The Bertz CT molecular complexity index is 1300. The van der Waals surface area contributed by atoms with Gasteiger partial charge in [-0.3, -0.25) is 14.4 Å². The van der Waals surface area contributed by atoms with Crippen molar-refractivity contribution in [1.29, 1.82) is 0 Å². The fourth-order valence-electron chi connectivity index (χ4n) is 4.50. The number of carbonyl (C=O) groups is 3. The van der Waals surface area contributed by atoms with Crippen LogP contribution in [0, 0.1) is 6.92 Å². The predicted molar refractivity (Wildman–Crippen MR) is 133 cm³/mol. The summed E-state index contributed by atoms with van der Waals surface area (Å²) in [5, 5.41) is 10.4. The molecule has 4 N–H and O–H groups in total. The summed E-state index contributed by atoms with van der Waals surface area (Å²) in [6, 6.07) is 12.5. The molecule has 0 radical (unpaired) electrons. The van der Waals surface area contributed by atoms with Crippen molar-refractivity contribution in [2.75, 3.05) is 5.73 Å². The van der Waals surface area contributed by atoms with Crippen molar-refractivity contribution in [3.8, 4) is 5.69 Å². The van der Waals surface area contributed by atoms with Crippen LogP contribution in [0.15, 0.2) is 48.7 Å². The third-order valence-electron chi connectivity index (χ3n) is 6.74. The van der Waals surface area contributed by atoms with Gasteiger partial charge in [0, 0.05) is 28.8 Å². The zero-order valence-electron chi connectivity index (χ0n) is 19.7. The number of amides is 2. The van der Waals surface area contributed by atoms with Crippen LogP contribution in [-0.4, -0.2) is 39.5 Å². The second-order valence-electron chi connectivity index (χ2n) is 9.47. The van der Waals surface area contributed by atoms with E-state index in [1.54, 1.807) is 36.4 Å². The summed E-state index contributed by atoms with van der Waals surface area (Å²) in [6.45, 7) is 1.90. The first kappa shape index (κ1) is 22.8. The maximum atomic E-state index is 13.3. The highest BCUT2D eigenvalue weighted by molar-refractivity contribution is 6.12. The minimum absolute atomic E-state index is 0.136. The zero-order chi connectivity index (χ0) is 24.5. The molecule has 8 nitrogen and oxygen atoms in total. The molecule has 0 aliphatic heterocycles. The molecule has 2 amide bonds. The highest BCUT2D eigenvalue weighted by Crippen LogP contribution is 2.25. The Kier molecular flexibility index (Phi) is 6.11. The standard InChI is InChI=1S/C27H29N5O3/c1-16-9-10-19(27(35)31-21-11-12-21)14-23(16)32-25(28)22(15-29-32)24(33)17-5-4-6-18(13-17)26(34)30-20-7-2-3-8-20/h4-6,9-10,13-15,20-21H,2-3,7-8,11-12,28H2,1H3,(H,30,34)(H,31,35). The van der Waals surface area contributed by atoms with Gasteiger partial charge in [0.05, 0.1) is 17.4 Å². The topological polar surface area (TPSA) is 119 Å². The molecule has 2 aromatic carbocycles. The van der Waals surface area contributed by atoms with E-state index >= 15 is 0 Å². The van der Waals surface area contributed by atoms with Crippen LogP contribution >= 0.6 is 0 Å². The summed E-state index contributed by atoms with van der Waals surface area (Å²) in [5.74, 6) is -0.446. The third kappa shape index (κ3) is 4.82. The average molecular weight is 472 g/mol. The maximum Gasteiger partial charge on any atom is 0.251 e. The molecule has 0 unspecified atom stereocenters. The van der Waals surface area contributed by atoms with Gasteiger partial charge in [-0.15, -0.1) is 0 Å². The number of hydrogen-bond acceptors (Lipinski definition) is 5. The molecule has 180 valence electrons. The molecule has 2 saturated carbocycles. The Balaban J connectivity index is 1.38. The van der Waals surface area contributed by atoms with Gasteiger partial charge < -0.3 is 16.4 Å². The number of nitrogens with zero attached hydrogens (tertiary/aromatic N) is 2. The highest BCUT2D eigenvalue weighted by Gasteiger charge is 2.25. The lowest BCUT2D eigenvalue weighted by Gasteiger charge is -2.12. The number of carbonyl (C=O) groups excluding carboxylic acids is 3. The van der Waals surface area contributed by atoms with E-state index in [4.69, 9.17) is 5.73 Å². The maximum absolute atomic E-state index is 13.3. The lowest BCUT2D eigenvalue weighted by molar-refractivity contribution is 0.0933. The minimum Gasteiger partial charge on any atom is -0.383 e. The van der Waals surface area contributed by atoms with E-state index in [-0.39, 0.29) is 41.1 Å². The lowest BCUT2D eigenvalue weighted by atomic mass is 10.0. The smallest absolute Gasteiger partial charge is 0.251 e. The van der Waals surface area contributed by atoms with Gasteiger partial charge in [-0.2, -0.15) is 5.10 Å². The molecule has 2 aliphatic rings. The average Bonchev–Trinajstić information content (AvgIpc) is 3.37. The van der Waals surface area contributed by atoms with Crippen molar-refractivity contribution in [1.82, 2.24) is 20.4 Å².